The molecule has 0 saturated heterocycles. The van der Waals surface area contributed by atoms with Gasteiger partial charge < -0.3 is 18.6 Å². The second-order valence-corrected chi connectivity index (χ2v) is 6.53. The zero-order chi connectivity index (χ0) is 20.1. The van der Waals surface area contributed by atoms with Crippen LogP contribution < -0.4 is 10.2 Å². The van der Waals surface area contributed by atoms with E-state index < -0.39 is 12.6 Å². The zero-order valence-electron chi connectivity index (χ0n) is 15.5. The first-order chi connectivity index (χ1) is 13.5. The summed E-state index contributed by atoms with van der Waals surface area (Å²) >= 11 is 5.95. The van der Waals surface area contributed by atoms with E-state index in [0.29, 0.717) is 21.6 Å². The fourth-order valence-corrected chi connectivity index (χ4v) is 2.75. The zero-order valence-corrected chi connectivity index (χ0v) is 16.2. The molecule has 1 heterocycles. The van der Waals surface area contributed by atoms with Crippen LogP contribution in [0.1, 0.15) is 5.56 Å². The normalized spacial score (nSPS) is 10.8. The molecule has 7 heteroatoms. The van der Waals surface area contributed by atoms with Gasteiger partial charge in [0.1, 0.15) is 12.2 Å². The Morgan fingerprint density at radius 2 is 1.86 bits per heavy atom. The van der Waals surface area contributed by atoms with E-state index in [0.717, 1.165) is 5.56 Å². The highest BCUT2D eigenvalue weighted by molar-refractivity contribution is 6.30. The van der Waals surface area contributed by atoms with E-state index in [-0.39, 0.29) is 30.2 Å². The Bertz CT molecular complexity index is 1040. The molecule has 0 N–H and O–H groups in total. The van der Waals surface area contributed by atoms with Gasteiger partial charge in [-0.2, -0.15) is 0 Å². The molecule has 0 radical (unpaired) electrons. The van der Waals surface area contributed by atoms with Gasteiger partial charge in [0.05, 0.1) is 12.0 Å². The van der Waals surface area contributed by atoms with Crippen molar-refractivity contribution in [2.45, 2.75) is 6.92 Å². The number of carbonyl (C=O) groups excluding carboxylic acids is 1. The summed E-state index contributed by atoms with van der Waals surface area (Å²) in [4.78, 5) is 24.9. The Hall–Kier alpha value is -2.83. The Balaban J connectivity index is 2.01. The molecule has 146 valence electrons. The van der Waals surface area contributed by atoms with Crippen molar-refractivity contribution >= 4 is 28.5 Å². The van der Waals surface area contributed by atoms with Gasteiger partial charge in [-0.3, -0.25) is 4.79 Å². The molecule has 2 aromatic carbocycles. The number of hydrogen-bond acceptors (Lipinski definition) is 6. The van der Waals surface area contributed by atoms with Gasteiger partial charge in [-0.05, 0) is 43.3 Å². The number of rotatable bonds is 7. The molecule has 0 amide bonds. The fraction of sp³-hybridized carbons (Fsp3) is 0.238. The summed E-state index contributed by atoms with van der Waals surface area (Å²) in [6, 6.07) is 12.1. The summed E-state index contributed by atoms with van der Waals surface area (Å²) < 4.78 is 21.3. The predicted molar refractivity (Wildman–Crippen MR) is 106 cm³/mol. The van der Waals surface area contributed by atoms with E-state index in [9.17, 15) is 9.59 Å². The fourth-order valence-electron chi connectivity index (χ4n) is 2.63. The minimum atomic E-state index is -0.608. The number of fused-ring (bicyclic) bond motifs is 1. The minimum Gasteiger partial charge on any atom is -0.474 e. The third-order valence-corrected chi connectivity index (χ3v) is 4.25. The molecule has 0 aliphatic carbocycles. The van der Waals surface area contributed by atoms with Crippen LogP contribution in [-0.2, 0) is 14.3 Å². The minimum absolute atomic E-state index is 0.0517. The Labute approximate surface area is 166 Å². The van der Waals surface area contributed by atoms with Crippen LogP contribution in [0, 0.1) is 6.92 Å². The van der Waals surface area contributed by atoms with Crippen molar-refractivity contribution in [3.05, 3.63) is 63.3 Å². The third-order valence-electron chi connectivity index (χ3n) is 4.00. The highest BCUT2D eigenvalue weighted by Gasteiger charge is 2.19. The first-order valence-corrected chi connectivity index (χ1v) is 8.98. The van der Waals surface area contributed by atoms with Gasteiger partial charge in [0.25, 0.3) is 0 Å². The number of methoxy groups -OCH3 is 1. The number of esters is 1. The first-order valence-electron chi connectivity index (χ1n) is 8.60. The van der Waals surface area contributed by atoms with E-state index in [2.05, 4.69) is 0 Å². The molecule has 1 aromatic heterocycles. The maximum atomic E-state index is 13.0. The maximum Gasteiger partial charge on any atom is 0.344 e. The van der Waals surface area contributed by atoms with Crippen LogP contribution in [0.25, 0.3) is 22.3 Å². The molecule has 0 saturated carbocycles. The van der Waals surface area contributed by atoms with Crippen molar-refractivity contribution in [3.8, 4) is 17.1 Å². The molecule has 6 nitrogen and oxygen atoms in total. The molecule has 0 spiro atoms. The Kier molecular flexibility index (Phi) is 6.34. The molecule has 0 aliphatic heterocycles. The van der Waals surface area contributed by atoms with Gasteiger partial charge in [-0.25, -0.2) is 4.79 Å². The number of aryl methyl sites for hydroxylation is 1. The second kappa shape index (κ2) is 8.91. The number of halogens is 1. The SMILES string of the molecule is COCCOC(=O)COc1c(-c2ccc(Cl)cc2)oc2ccc(C)cc2c1=O. The van der Waals surface area contributed by atoms with Crippen LogP contribution in [0.15, 0.2) is 51.7 Å². The molecule has 0 bridgehead atoms. The molecule has 0 fully saturated rings. The lowest BCUT2D eigenvalue weighted by Crippen LogP contribution is -2.20. The molecular formula is C21H19ClO6. The largest absolute Gasteiger partial charge is 0.474 e. The van der Waals surface area contributed by atoms with Gasteiger partial charge in [-0.15, -0.1) is 0 Å². The van der Waals surface area contributed by atoms with Crippen molar-refractivity contribution in [1.82, 2.24) is 0 Å². The van der Waals surface area contributed by atoms with Gasteiger partial charge in [0, 0.05) is 17.7 Å². The predicted octanol–water partition coefficient (Wildman–Crippen LogP) is 3.99. The van der Waals surface area contributed by atoms with Crippen LogP contribution in [0.3, 0.4) is 0 Å². The Morgan fingerprint density at radius 3 is 2.57 bits per heavy atom. The molecular weight excluding hydrogens is 384 g/mol. The van der Waals surface area contributed by atoms with Crippen molar-refractivity contribution in [1.29, 1.82) is 0 Å². The maximum absolute atomic E-state index is 13.0. The standard InChI is InChI=1S/C21H19ClO6/c1-13-3-8-17-16(11-13)19(24)21(27-12-18(23)26-10-9-25-2)20(28-17)14-4-6-15(22)7-5-14/h3-8,11H,9-10,12H2,1-2H3. The van der Waals surface area contributed by atoms with E-state index in [1.807, 2.05) is 13.0 Å². The van der Waals surface area contributed by atoms with E-state index >= 15 is 0 Å². The summed E-state index contributed by atoms with van der Waals surface area (Å²) in [6.07, 6.45) is 0. The van der Waals surface area contributed by atoms with Gasteiger partial charge in [-0.1, -0.05) is 23.2 Å². The summed E-state index contributed by atoms with van der Waals surface area (Å²) in [5, 5.41) is 0.923. The van der Waals surface area contributed by atoms with Crippen molar-refractivity contribution in [3.63, 3.8) is 0 Å². The molecule has 3 rings (SSSR count). The summed E-state index contributed by atoms with van der Waals surface area (Å²) in [5.74, 6) is -0.435. The average Bonchev–Trinajstić information content (AvgIpc) is 2.68. The van der Waals surface area contributed by atoms with Crippen LogP contribution in [0.4, 0.5) is 0 Å². The quantitative estimate of drug-likeness (QED) is 0.439. The van der Waals surface area contributed by atoms with Gasteiger partial charge >= 0.3 is 5.97 Å². The number of hydrogen-bond donors (Lipinski definition) is 0. The van der Waals surface area contributed by atoms with Crippen molar-refractivity contribution < 1.29 is 23.4 Å². The third kappa shape index (κ3) is 4.52. The molecule has 0 unspecified atom stereocenters. The van der Waals surface area contributed by atoms with Crippen molar-refractivity contribution in [2.75, 3.05) is 26.9 Å². The highest BCUT2D eigenvalue weighted by atomic mass is 35.5. The lowest BCUT2D eigenvalue weighted by molar-refractivity contribution is -0.147. The van der Waals surface area contributed by atoms with Crippen LogP contribution in [-0.4, -0.2) is 32.9 Å². The van der Waals surface area contributed by atoms with Gasteiger partial charge in [0.15, 0.2) is 12.4 Å². The second-order valence-electron chi connectivity index (χ2n) is 6.10. The summed E-state index contributed by atoms with van der Waals surface area (Å²) in [5.41, 5.74) is 1.57. The summed E-state index contributed by atoms with van der Waals surface area (Å²) in [7, 11) is 1.50. The molecule has 3 aromatic rings. The Morgan fingerprint density at radius 1 is 1.11 bits per heavy atom. The van der Waals surface area contributed by atoms with Crippen molar-refractivity contribution in [2.24, 2.45) is 0 Å². The van der Waals surface area contributed by atoms with Gasteiger partial charge in [0.2, 0.25) is 11.2 Å². The lowest BCUT2D eigenvalue weighted by atomic mass is 10.1. The smallest absolute Gasteiger partial charge is 0.344 e. The topological polar surface area (TPSA) is 75.0 Å². The van der Waals surface area contributed by atoms with E-state index in [4.69, 9.17) is 30.2 Å². The number of benzene rings is 2. The first kappa shape index (κ1) is 19.9. The van der Waals surface area contributed by atoms with Crippen LogP contribution >= 0.6 is 11.6 Å². The average molecular weight is 403 g/mol. The van der Waals surface area contributed by atoms with Crippen LogP contribution in [0.2, 0.25) is 5.02 Å². The highest BCUT2D eigenvalue weighted by Crippen LogP contribution is 2.31. The lowest BCUT2D eigenvalue weighted by Gasteiger charge is -2.12. The molecule has 28 heavy (non-hydrogen) atoms. The summed E-state index contributed by atoms with van der Waals surface area (Å²) in [6.45, 7) is 1.83. The number of carbonyl (C=O) groups is 1. The monoisotopic (exact) mass is 402 g/mol. The van der Waals surface area contributed by atoms with E-state index in [1.54, 1.807) is 36.4 Å². The number of ether oxygens (including phenoxy) is 3. The van der Waals surface area contributed by atoms with E-state index in [1.165, 1.54) is 7.11 Å². The van der Waals surface area contributed by atoms with Crippen LogP contribution in [0.5, 0.6) is 5.75 Å². The molecule has 0 atom stereocenters. The molecule has 0 aliphatic rings.